The van der Waals surface area contributed by atoms with Crippen molar-refractivity contribution in [2.45, 2.75) is 0 Å². The summed E-state index contributed by atoms with van der Waals surface area (Å²) in [7, 11) is 0. The van der Waals surface area contributed by atoms with E-state index >= 15 is 0 Å². The number of anilines is 1. The fraction of sp³-hybridized carbons (Fsp3) is 0. The van der Waals surface area contributed by atoms with Crippen molar-refractivity contribution >= 4 is 48.8 Å². The van der Waals surface area contributed by atoms with Gasteiger partial charge in [-0.3, -0.25) is 0 Å². The zero-order chi connectivity index (χ0) is 23.4. The van der Waals surface area contributed by atoms with E-state index in [1.165, 1.54) is 54.2 Å². The lowest BCUT2D eigenvalue weighted by Crippen LogP contribution is -1.92. The maximum Gasteiger partial charge on any atom is 0.0400 e. The number of nitrogen functional groups attached to an aromatic ring is 1. The molecule has 0 spiro atoms. The minimum atomic E-state index is 0.803. The summed E-state index contributed by atoms with van der Waals surface area (Å²) in [4.78, 5) is 0. The molecule has 0 heterocycles. The van der Waals surface area contributed by atoms with Gasteiger partial charge in [-0.15, -0.1) is 0 Å². The van der Waals surface area contributed by atoms with Gasteiger partial charge in [0.25, 0.3) is 0 Å². The van der Waals surface area contributed by atoms with Crippen LogP contribution in [-0.2, 0) is 0 Å². The van der Waals surface area contributed by atoms with Crippen LogP contribution in [0.2, 0.25) is 0 Å². The largest absolute Gasteiger partial charge is 0.398 e. The Balaban J connectivity index is 1.38. The van der Waals surface area contributed by atoms with Gasteiger partial charge in [0.2, 0.25) is 0 Å². The van der Waals surface area contributed by atoms with Crippen LogP contribution in [-0.4, -0.2) is 0 Å². The van der Waals surface area contributed by atoms with Gasteiger partial charge < -0.3 is 5.73 Å². The van der Waals surface area contributed by atoms with Crippen LogP contribution in [0.3, 0.4) is 0 Å². The smallest absolute Gasteiger partial charge is 0.0400 e. The highest BCUT2D eigenvalue weighted by Crippen LogP contribution is 2.38. The Morgan fingerprint density at radius 1 is 0.371 bits per heavy atom. The Labute approximate surface area is 204 Å². The molecule has 7 aromatic carbocycles. The van der Waals surface area contributed by atoms with E-state index in [-0.39, 0.29) is 0 Å². The van der Waals surface area contributed by atoms with Crippen molar-refractivity contribution in [2.24, 2.45) is 0 Å². The van der Waals surface area contributed by atoms with Gasteiger partial charge in [0.1, 0.15) is 0 Å². The maximum absolute atomic E-state index is 6.54. The van der Waals surface area contributed by atoms with Crippen molar-refractivity contribution in [1.29, 1.82) is 0 Å². The third kappa shape index (κ3) is 3.25. The molecular weight excluding hydrogens is 422 g/mol. The molecule has 0 aromatic heterocycles. The minimum absolute atomic E-state index is 0.803. The van der Waals surface area contributed by atoms with Gasteiger partial charge in [-0.1, -0.05) is 97.1 Å². The molecule has 2 N–H and O–H groups in total. The van der Waals surface area contributed by atoms with Gasteiger partial charge in [0.15, 0.2) is 0 Å². The van der Waals surface area contributed by atoms with E-state index < -0.39 is 0 Å². The molecule has 0 radical (unpaired) electrons. The van der Waals surface area contributed by atoms with E-state index in [0.29, 0.717) is 0 Å². The van der Waals surface area contributed by atoms with E-state index in [2.05, 4.69) is 121 Å². The van der Waals surface area contributed by atoms with Crippen molar-refractivity contribution in [3.05, 3.63) is 127 Å². The highest BCUT2D eigenvalue weighted by molar-refractivity contribution is 6.09. The average Bonchev–Trinajstić information content (AvgIpc) is 2.91. The van der Waals surface area contributed by atoms with Crippen molar-refractivity contribution in [2.75, 3.05) is 5.73 Å². The lowest BCUT2D eigenvalue weighted by molar-refractivity contribution is 1.63. The predicted molar refractivity (Wildman–Crippen MR) is 152 cm³/mol. The molecule has 0 fully saturated rings. The highest BCUT2D eigenvalue weighted by Gasteiger charge is 2.11. The monoisotopic (exact) mass is 445 g/mol. The van der Waals surface area contributed by atoms with Gasteiger partial charge in [0.05, 0.1) is 0 Å². The topological polar surface area (TPSA) is 26.0 Å². The maximum atomic E-state index is 6.54. The molecule has 0 aliphatic carbocycles. The molecule has 0 saturated carbocycles. The molecule has 0 atom stereocenters. The van der Waals surface area contributed by atoms with E-state index in [1.54, 1.807) is 0 Å². The summed E-state index contributed by atoms with van der Waals surface area (Å²) in [5.41, 5.74) is 12.0. The second-order valence-corrected chi connectivity index (χ2v) is 9.25. The van der Waals surface area contributed by atoms with Crippen LogP contribution in [0.5, 0.6) is 0 Å². The SMILES string of the molecule is Nc1ccc2cc3ccccc3cc2c1-c1ccc(-c2cccc3cc4ccccc4cc23)cc1. The summed E-state index contributed by atoms with van der Waals surface area (Å²) >= 11 is 0. The van der Waals surface area contributed by atoms with Gasteiger partial charge >= 0.3 is 0 Å². The van der Waals surface area contributed by atoms with Crippen LogP contribution in [0, 0.1) is 0 Å². The highest BCUT2D eigenvalue weighted by atomic mass is 14.6. The molecule has 35 heavy (non-hydrogen) atoms. The first kappa shape index (κ1) is 19.8. The summed E-state index contributed by atoms with van der Waals surface area (Å²) in [6.45, 7) is 0. The molecular formula is C34H23N. The fourth-order valence-electron chi connectivity index (χ4n) is 5.39. The van der Waals surface area contributed by atoms with Gasteiger partial charge in [-0.25, -0.2) is 0 Å². The van der Waals surface area contributed by atoms with Crippen LogP contribution >= 0.6 is 0 Å². The van der Waals surface area contributed by atoms with Crippen LogP contribution in [0.1, 0.15) is 0 Å². The summed E-state index contributed by atoms with van der Waals surface area (Å²) in [6, 6.07) is 45.7. The third-order valence-corrected chi connectivity index (χ3v) is 7.15. The lowest BCUT2D eigenvalue weighted by atomic mass is 9.92. The third-order valence-electron chi connectivity index (χ3n) is 7.15. The molecule has 0 unspecified atom stereocenters. The zero-order valence-corrected chi connectivity index (χ0v) is 19.2. The first-order valence-corrected chi connectivity index (χ1v) is 12.0. The number of benzene rings is 7. The summed E-state index contributed by atoms with van der Waals surface area (Å²) < 4.78 is 0. The van der Waals surface area contributed by atoms with Crippen molar-refractivity contribution in [1.82, 2.24) is 0 Å². The summed E-state index contributed by atoms with van der Waals surface area (Å²) in [5.74, 6) is 0. The predicted octanol–water partition coefficient (Wildman–Crippen LogP) is 9.22. The molecule has 7 rings (SSSR count). The number of rotatable bonds is 2. The lowest BCUT2D eigenvalue weighted by Gasteiger charge is -2.13. The average molecular weight is 446 g/mol. The molecule has 164 valence electrons. The summed E-state index contributed by atoms with van der Waals surface area (Å²) in [6.07, 6.45) is 0. The first-order chi connectivity index (χ1) is 17.2. The van der Waals surface area contributed by atoms with Gasteiger partial charge in [-0.2, -0.15) is 0 Å². The zero-order valence-electron chi connectivity index (χ0n) is 19.2. The Morgan fingerprint density at radius 2 is 0.886 bits per heavy atom. The van der Waals surface area contributed by atoms with E-state index in [0.717, 1.165) is 16.8 Å². The van der Waals surface area contributed by atoms with Gasteiger partial charge in [-0.05, 0) is 90.1 Å². The molecule has 0 saturated heterocycles. The standard InChI is InChI=1S/C34H23N/c35-33-17-16-29-19-25-7-2-4-9-27(25)21-32(29)34(33)23-14-12-22(13-15-23)30-11-5-10-28-18-24-6-1-3-8-26(24)20-31(28)30/h1-21H,35H2. The molecule has 0 amide bonds. The molecule has 0 aliphatic heterocycles. The fourth-order valence-corrected chi connectivity index (χ4v) is 5.39. The summed E-state index contributed by atoms with van der Waals surface area (Å²) in [5, 5.41) is 9.93. The second-order valence-electron chi connectivity index (χ2n) is 9.25. The Bertz CT molecular complexity index is 1900. The normalized spacial score (nSPS) is 11.5. The second kappa shape index (κ2) is 7.72. The molecule has 0 bridgehead atoms. The van der Waals surface area contributed by atoms with E-state index in [4.69, 9.17) is 5.73 Å². The van der Waals surface area contributed by atoms with Gasteiger partial charge in [0, 0.05) is 11.3 Å². The van der Waals surface area contributed by atoms with Crippen molar-refractivity contribution in [3.8, 4) is 22.3 Å². The van der Waals surface area contributed by atoms with E-state index in [1.807, 2.05) is 6.07 Å². The van der Waals surface area contributed by atoms with Crippen molar-refractivity contribution < 1.29 is 0 Å². The Kier molecular flexibility index (Phi) is 4.37. The van der Waals surface area contributed by atoms with Crippen molar-refractivity contribution in [3.63, 3.8) is 0 Å². The number of hydrogen-bond donors (Lipinski definition) is 1. The van der Waals surface area contributed by atoms with Crippen LogP contribution in [0.25, 0.3) is 65.3 Å². The molecule has 1 heteroatoms. The number of fused-ring (bicyclic) bond motifs is 4. The van der Waals surface area contributed by atoms with Crippen LogP contribution in [0.15, 0.2) is 127 Å². The Morgan fingerprint density at radius 3 is 1.54 bits per heavy atom. The number of hydrogen-bond acceptors (Lipinski definition) is 1. The van der Waals surface area contributed by atoms with Crippen LogP contribution < -0.4 is 5.73 Å². The number of nitrogens with two attached hydrogens (primary N) is 1. The quantitative estimate of drug-likeness (QED) is 0.208. The molecule has 7 aromatic rings. The molecule has 0 aliphatic rings. The van der Waals surface area contributed by atoms with E-state index in [9.17, 15) is 0 Å². The first-order valence-electron chi connectivity index (χ1n) is 12.0. The van der Waals surface area contributed by atoms with Crippen LogP contribution in [0.4, 0.5) is 5.69 Å². The minimum Gasteiger partial charge on any atom is -0.398 e. The molecule has 1 nitrogen and oxygen atoms in total. The Hall–Kier alpha value is -4.62.